The van der Waals surface area contributed by atoms with Gasteiger partial charge in [0.2, 0.25) is 0 Å². The summed E-state index contributed by atoms with van der Waals surface area (Å²) in [6.45, 7) is 1.93. The molecule has 0 bridgehead atoms. The number of aliphatic imine (C=N–C) groups is 1. The zero-order valence-corrected chi connectivity index (χ0v) is 18.9. The Labute approximate surface area is 170 Å². The molecule has 0 unspecified atom stereocenters. The molecule has 0 radical (unpaired) electrons. The topological polar surface area (TPSA) is 71.0 Å². The van der Waals surface area contributed by atoms with Crippen LogP contribution in [0.3, 0.4) is 0 Å². The van der Waals surface area contributed by atoms with Gasteiger partial charge < -0.3 is 15.0 Å². The Hall–Kier alpha value is -0.390. The number of sulfone groups is 1. The van der Waals surface area contributed by atoms with Crippen LogP contribution in [-0.4, -0.2) is 65.1 Å². The van der Waals surface area contributed by atoms with E-state index in [-0.39, 0.29) is 36.3 Å². The third kappa shape index (κ3) is 9.80. The molecule has 0 fully saturated rings. The molecule has 6 nitrogen and oxygen atoms in total. The molecule has 0 amide bonds. The molecule has 0 aliphatic heterocycles. The Morgan fingerprint density at radius 2 is 2.00 bits per heavy atom. The van der Waals surface area contributed by atoms with Gasteiger partial charge >= 0.3 is 0 Å². The number of nitrogens with one attached hydrogen (secondary N) is 1. The second kappa shape index (κ2) is 12.0. The Kier molecular flexibility index (Phi) is 11.8. The minimum Gasteiger partial charge on any atom is -0.379 e. The van der Waals surface area contributed by atoms with Crippen LogP contribution in [-0.2, 0) is 21.1 Å². The lowest BCUT2D eigenvalue weighted by atomic mass is 10.2. The number of benzene rings is 1. The van der Waals surface area contributed by atoms with Crippen molar-refractivity contribution in [3.63, 3.8) is 0 Å². The second-order valence-electron chi connectivity index (χ2n) is 5.16. The molecule has 24 heavy (non-hydrogen) atoms. The van der Waals surface area contributed by atoms with Crippen molar-refractivity contribution in [2.24, 2.45) is 4.99 Å². The molecule has 0 saturated heterocycles. The Morgan fingerprint density at radius 3 is 2.58 bits per heavy atom. The van der Waals surface area contributed by atoms with Gasteiger partial charge in [0.15, 0.2) is 5.96 Å². The predicted molar refractivity (Wildman–Crippen MR) is 113 cm³/mol. The van der Waals surface area contributed by atoms with E-state index in [4.69, 9.17) is 4.74 Å². The number of hydrogen-bond donors (Lipinski definition) is 1. The van der Waals surface area contributed by atoms with E-state index in [1.807, 2.05) is 30.1 Å². The number of rotatable bonds is 8. The van der Waals surface area contributed by atoms with Crippen LogP contribution in [0.25, 0.3) is 0 Å². The van der Waals surface area contributed by atoms with Gasteiger partial charge in [0.1, 0.15) is 9.84 Å². The monoisotopic (exact) mass is 533 g/mol. The second-order valence-corrected chi connectivity index (χ2v) is 8.28. The van der Waals surface area contributed by atoms with E-state index in [1.54, 1.807) is 7.05 Å². The number of guanidine groups is 1. The first-order valence-electron chi connectivity index (χ1n) is 7.24. The van der Waals surface area contributed by atoms with E-state index < -0.39 is 9.84 Å². The SMILES string of the molecule is CN=C(NCCOCCS(C)(=O)=O)N(C)Cc1ccccc1Br.I. The molecular formula is C15H25BrIN3O3S. The lowest BCUT2D eigenvalue weighted by Crippen LogP contribution is -2.40. The highest BCUT2D eigenvalue weighted by molar-refractivity contribution is 14.0. The van der Waals surface area contributed by atoms with Crippen LogP contribution in [0.5, 0.6) is 0 Å². The van der Waals surface area contributed by atoms with Crippen LogP contribution in [0, 0.1) is 0 Å². The molecule has 1 N–H and O–H groups in total. The minimum atomic E-state index is -2.97. The lowest BCUT2D eigenvalue weighted by molar-refractivity contribution is 0.153. The molecule has 0 heterocycles. The highest BCUT2D eigenvalue weighted by atomic mass is 127. The average molecular weight is 534 g/mol. The highest BCUT2D eigenvalue weighted by Crippen LogP contribution is 2.17. The van der Waals surface area contributed by atoms with Crippen LogP contribution < -0.4 is 5.32 Å². The number of halogens is 2. The summed E-state index contributed by atoms with van der Waals surface area (Å²) < 4.78 is 28.3. The zero-order valence-electron chi connectivity index (χ0n) is 14.2. The molecule has 138 valence electrons. The number of nitrogens with zero attached hydrogens (tertiary/aromatic N) is 2. The summed E-state index contributed by atoms with van der Waals surface area (Å²) in [6.07, 6.45) is 1.20. The third-order valence-electron chi connectivity index (χ3n) is 3.07. The van der Waals surface area contributed by atoms with Crippen molar-refractivity contribution in [3.05, 3.63) is 34.3 Å². The summed E-state index contributed by atoms with van der Waals surface area (Å²) in [5, 5.41) is 3.19. The number of ether oxygens (including phenoxy) is 1. The molecule has 1 aromatic carbocycles. The minimum absolute atomic E-state index is 0. The van der Waals surface area contributed by atoms with Gasteiger partial charge in [0, 0.05) is 37.9 Å². The zero-order chi connectivity index (χ0) is 17.3. The normalized spacial score (nSPS) is 11.8. The predicted octanol–water partition coefficient (Wildman–Crippen LogP) is 2.14. The largest absolute Gasteiger partial charge is 0.379 e. The molecule has 0 spiro atoms. The summed E-state index contributed by atoms with van der Waals surface area (Å²) in [6, 6.07) is 8.05. The fourth-order valence-corrected chi connectivity index (χ4v) is 2.72. The lowest BCUT2D eigenvalue weighted by Gasteiger charge is -2.22. The Morgan fingerprint density at radius 1 is 1.33 bits per heavy atom. The van der Waals surface area contributed by atoms with Crippen molar-refractivity contribution in [3.8, 4) is 0 Å². The quantitative estimate of drug-likeness (QED) is 0.240. The van der Waals surface area contributed by atoms with E-state index in [2.05, 4.69) is 32.3 Å². The smallest absolute Gasteiger partial charge is 0.193 e. The van der Waals surface area contributed by atoms with Crippen LogP contribution in [0.4, 0.5) is 0 Å². The molecule has 0 aromatic heterocycles. The van der Waals surface area contributed by atoms with Crippen molar-refractivity contribution in [2.45, 2.75) is 6.54 Å². The maximum absolute atomic E-state index is 11.0. The summed E-state index contributed by atoms with van der Waals surface area (Å²) in [5.74, 6) is 0.802. The van der Waals surface area contributed by atoms with E-state index in [0.29, 0.717) is 13.2 Å². The number of hydrogen-bond acceptors (Lipinski definition) is 4. The van der Waals surface area contributed by atoms with Gasteiger partial charge in [-0.1, -0.05) is 34.1 Å². The summed E-state index contributed by atoms with van der Waals surface area (Å²) >= 11 is 3.54. The molecular weight excluding hydrogens is 509 g/mol. The Bertz CT molecular complexity index is 626. The average Bonchev–Trinajstić information content (AvgIpc) is 2.47. The van der Waals surface area contributed by atoms with Gasteiger partial charge in [-0.25, -0.2) is 8.42 Å². The summed E-state index contributed by atoms with van der Waals surface area (Å²) in [4.78, 5) is 6.25. The van der Waals surface area contributed by atoms with Crippen LogP contribution in [0.15, 0.2) is 33.7 Å². The van der Waals surface area contributed by atoms with Crippen molar-refractivity contribution in [2.75, 3.05) is 45.9 Å². The van der Waals surface area contributed by atoms with Crippen molar-refractivity contribution < 1.29 is 13.2 Å². The van der Waals surface area contributed by atoms with E-state index in [9.17, 15) is 8.42 Å². The molecule has 0 aliphatic carbocycles. The summed E-state index contributed by atoms with van der Waals surface area (Å²) in [7, 11) is 0.717. The first kappa shape index (κ1) is 23.6. The maximum Gasteiger partial charge on any atom is 0.193 e. The highest BCUT2D eigenvalue weighted by Gasteiger charge is 2.08. The maximum atomic E-state index is 11.0. The van der Waals surface area contributed by atoms with E-state index >= 15 is 0 Å². The van der Waals surface area contributed by atoms with Gasteiger partial charge in [-0.2, -0.15) is 0 Å². The fraction of sp³-hybridized carbons (Fsp3) is 0.533. The van der Waals surface area contributed by atoms with E-state index in [1.165, 1.54) is 11.8 Å². The van der Waals surface area contributed by atoms with E-state index in [0.717, 1.165) is 17.0 Å². The van der Waals surface area contributed by atoms with Crippen molar-refractivity contribution in [1.29, 1.82) is 0 Å². The molecule has 1 aromatic rings. The van der Waals surface area contributed by atoms with Crippen LogP contribution in [0.1, 0.15) is 5.56 Å². The first-order valence-corrected chi connectivity index (χ1v) is 10.1. The van der Waals surface area contributed by atoms with Crippen molar-refractivity contribution >= 4 is 55.7 Å². The van der Waals surface area contributed by atoms with Gasteiger partial charge in [0.05, 0.1) is 19.0 Å². The Balaban J connectivity index is 0.00000529. The van der Waals surface area contributed by atoms with Crippen LogP contribution in [0.2, 0.25) is 0 Å². The van der Waals surface area contributed by atoms with Gasteiger partial charge in [-0.05, 0) is 11.6 Å². The molecule has 9 heteroatoms. The molecule has 0 atom stereocenters. The van der Waals surface area contributed by atoms with Crippen molar-refractivity contribution in [1.82, 2.24) is 10.2 Å². The fourth-order valence-electron chi connectivity index (χ4n) is 1.89. The van der Waals surface area contributed by atoms with Gasteiger partial charge in [0.25, 0.3) is 0 Å². The van der Waals surface area contributed by atoms with Gasteiger partial charge in [-0.3, -0.25) is 4.99 Å². The first-order chi connectivity index (χ1) is 10.8. The standard InChI is InChI=1S/C15H24BrN3O3S.HI/c1-17-15(18-8-9-22-10-11-23(3,20)21)19(2)12-13-6-4-5-7-14(13)16;/h4-7H,8-12H2,1-3H3,(H,17,18);1H. The summed E-state index contributed by atoms with van der Waals surface area (Å²) in [5.41, 5.74) is 1.17. The molecule has 1 rings (SSSR count). The van der Waals surface area contributed by atoms with Crippen LogP contribution >= 0.6 is 39.9 Å². The molecule has 0 aliphatic rings. The third-order valence-corrected chi connectivity index (χ3v) is 4.75. The molecule has 0 saturated carbocycles. The van der Waals surface area contributed by atoms with Gasteiger partial charge in [-0.15, -0.1) is 24.0 Å².